The molecule has 0 atom stereocenters. The number of hydrogen-bond donors (Lipinski definition) is 2. The summed E-state index contributed by atoms with van der Waals surface area (Å²) in [5.41, 5.74) is 0. The first-order chi connectivity index (χ1) is 9.53. The van der Waals surface area contributed by atoms with Crippen LogP contribution in [0.15, 0.2) is 0 Å². The van der Waals surface area contributed by atoms with Crippen LogP contribution in [0.5, 0.6) is 0 Å². The Labute approximate surface area is 121 Å². The van der Waals surface area contributed by atoms with Crippen molar-refractivity contribution in [2.24, 2.45) is 0 Å². The number of hydrogen-bond acceptors (Lipinski definition) is 5. The third-order valence-corrected chi connectivity index (χ3v) is 4.61. The minimum absolute atomic E-state index is 0.192. The summed E-state index contributed by atoms with van der Waals surface area (Å²) < 4.78 is 30.2. The van der Waals surface area contributed by atoms with Gasteiger partial charge >= 0.3 is 5.97 Å². The van der Waals surface area contributed by atoms with Crippen LogP contribution in [-0.2, 0) is 19.6 Å². The van der Waals surface area contributed by atoms with Crippen molar-refractivity contribution < 1.29 is 17.9 Å². The minimum Gasteiger partial charge on any atom is -0.465 e. The summed E-state index contributed by atoms with van der Waals surface area (Å²) in [6, 6.07) is 0.493. The topological polar surface area (TPSA) is 84.5 Å². The summed E-state index contributed by atoms with van der Waals surface area (Å²) in [6.07, 6.45) is 7.40. The third kappa shape index (κ3) is 7.81. The Hall–Kier alpha value is -0.660. The molecular weight excluding hydrogens is 280 g/mol. The minimum atomic E-state index is -3.58. The molecule has 118 valence electrons. The van der Waals surface area contributed by atoms with E-state index < -0.39 is 21.7 Å². The molecule has 2 N–H and O–H groups in total. The Morgan fingerprint density at radius 2 is 1.80 bits per heavy atom. The van der Waals surface area contributed by atoms with Crippen LogP contribution < -0.4 is 10.0 Å². The molecule has 6 nitrogen and oxygen atoms in total. The zero-order valence-corrected chi connectivity index (χ0v) is 13.0. The fourth-order valence-corrected chi connectivity index (χ4v) is 3.28. The zero-order chi connectivity index (χ0) is 14.8. The van der Waals surface area contributed by atoms with Crippen molar-refractivity contribution in [3.63, 3.8) is 0 Å². The first kappa shape index (κ1) is 17.4. The van der Waals surface area contributed by atoms with Gasteiger partial charge in [-0.05, 0) is 19.8 Å². The number of ether oxygens (including phenoxy) is 1. The van der Waals surface area contributed by atoms with Crippen LogP contribution in [-0.4, -0.2) is 45.9 Å². The number of sulfonamides is 1. The van der Waals surface area contributed by atoms with Gasteiger partial charge in [0, 0.05) is 19.1 Å². The molecule has 7 heteroatoms. The molecule has 0 aliphatic heterocycles. The predicted octanol–water partition coefficient (Wildman–Crippen LogP) is 0.781. The van der Waals surface area contributed by atoms with E-state index in [2.05, 4.69) is 14.8 Å². The molecule has 1 rings (SSSR count). The van der Waals surface area contributed by atoms with Crippen molar-refractivity contribution in [1.82, 2.24) is 10.0 Å². The van der Waals surface area contributed by atoms with Gasteiger partial charge in [-0.25, -0.2) is 13.1 Å². The molecule has 0 spiro atoms. The average Bonchev–Trinajstić information content (AvgIpc) is 2.63. The Bertz CT molecular complexity index is 376. The van der Waals surface area contributed by atoms with E-state index in [1.807, 2.05) is 0 Å². The van der Waals surface area contributed by atoms with Gasteiger partial charge in [0.15, 0.2) is 5.75 Å². The Morgan fingerprint density at radius 3 is 2.40 bits per heavy atom. The fourth-order valence-electron chi connectivity index (χ4n) is 2.38. The Balaban J connectivity index is 2.17. The van der Waals surface area contributed by atoms with Crippen molar-refractivity contribution in [2.45, 2.75) is 51.5 Å². The average molecular weight is 306 g/mol. The first-order valence-corrected chi connectivity index (χ1v) is 9.05. The van der Waals surface area contributed by atoms with Crippen LogP contribution in [0.4, 0.5) is 0 Å². The van der Waals surface area contributed by atoms with Crippen molar-refractivity contribution in [2.75, 3.05) is 25.4 Å². The molecule has 0 radical (unpaired) electrons. The van der Waals surface area contributed by atoms with Crippen molar-refractivity contribution in [3.8, 4) is 0 Å². The SMILES string of the molecule is CCOC(=O)CS(=O)(=O)NCCNC1CCCCCC1. The van der Waals surface area contributed by atoms with Crippen LogP contribution in [0, 0.1) is 0 Å². The maximum absolute atomic E-state index is 11.6. The van der Waals surface area contributed by atoms with E-state index in [0.717, 1.165) is 12.8 Å². The maximum atomic E-state index is 11.6. The molecule has 1 aliphatic rings. The van der Waals surface area contributed by atoms with Crippen LogP contribution in [0.2, 0.25) is 0 Å². The van der Waals surface area contributed by atoms with Crippen LogP contribution in [0.1, 0.15) is 45.4 Å². The summed E-state index contributed by atoms with van der Waals surface area (Å²) in [5, 5.41) is 3.37. The van der Waals surface area contributed by atoms with Gasteiger partial charge in [0.05, 0.1) is 6.61 Å². The highest BCUT2D eigenvalue weighted by atomic mass is 32.2. The van der Waals surface area contributed by atoms with E-state index in [4.69, 9.17) is 0 Å². The summed E-state index contributed by atoms with van der Waals surface area (Å²) >= 11 is 0. The molecule has 0 amide bonds. The highest BCUT2D eigenvalue weighted by Gasteiger charge is 2.17. The maximum Gasteiger partial charge on any atom is 0.322 e. The number of carbonyl (C=O) groups is 1. The molecule has 1 fully saturated rings. The molecule has 20 heavy (non-hydrogen) atoms. The predicted molar refractivity (Wildman–Crippen MR) is 77.9 cm³/mol. The van der Waals surface area contributed by atoms with Crippen molar-refractivity contribution in [1.29, 1.82) is 0 Å². The van der Waals surface area contributed by atoms with E-state index in [9.17, 15) is 13.2 Å². The Kier molecular flexibility index (Phi) is 8.09. The van der Waals surface area contributed by atoms with Crippen molar-refractivity contribution in [3.05, 3.63) is 0 Å². The van der Waals surface area contributed by atoms with Gasteiger partial charge < -0.3 is 10.1 Å². The van der Waals surface area contributed by atoms with Crippen LogP contribution in [0.25, 0.3) is 0 Å². The van der Waals surface area contributed by atoms with Gasteiger partial charge in [-0.1, -0.05) is 25.7 Å². The van der Waals surface area contributed by atoms with Gasteiger partial charge in [0.2, 0.25) is 10.0 Å². The standard InChI is InChI=1S/C13H26N2O4S/c1-2-19-13(16)11-20(17,18)15-10-9-14-12-7-5-3-4-6-8-12/h12,14-15H,2-11H2,1H3. The van der Waals surface area contributed by atoms with Gasteiger partial charge in [-0.3, -0.25) is 4.79 Å². The molecule has 0 saturated heterocycles. The Morgan fingerprint density at radius 1 is 1.15 bits per heavy atom. The van der Waals surface area contributed by atoms with Gasteiger partial charge in [0.25, 0.3) is 0 Å². The van der Waals surface area contributed by atoms with E-state index >= 15 is 0 Å². The van der Waals surface area contributed by atoms with E-state index in [1.165, 1.54) is 25.7 Å². The third-order valence-electron chi connectivity index (χ3n) is 3.35. The molecule has 0 aromatic heterocycles. The van der Waals surface area contributed by atoms with Crippen molar-refractivity contribution >= 4 is 16.0 Å². The molecule has 1 saturated carbocycles. The number of carbonyl (C=O) groups excluding carboxylic acids is 1. The molecule has 0 aromatic carbocycles. The summed E-state index contributed by atoms with van der Waals surface area (Å²) in [4.78, 5) is 11.1. The monoisotopic (exact) mass is 306 g/mol. The van der Waals surface area contributed by atoms with Gasteiger partial charge in [-0.2, -0.15) is 0 Å². The largest absolute Gasteiger partial charge is 0.465 e. The van der Waals surface area contributed by atoms with Gasteiger partial charge in [-0.15, -0.1) is 0 Å². The highest BCUT2D eigenvalue weighted by molar-refractivity contribution is 7.90. The lowest BCUT2D eigenvalue weighted by molar-refractivity contribution is -0.139. The smallest absolute Gasteiger partial charge is 0.322 e. The number of esters is 1. The second kappa shape index (κ2) is 9.31. The van der Waals surface area contributed by atoms with E-state index in [-0.39, 0.29) is 6.61 Å². The quantitative estimate of drug-likeness (QED) is 0.393. The molecule has 0 unspecified atom stereocenters. The molecule has 0 heterocycles. The summed E-state index contributed by atoms with van der Waals surface area (Å²) in [5.74, 6) is -1.32. The summed E-state index contributed by atoms with van der Waals surface area (Å²) in [6.45, 7) is 2.73. The second-order valence-electron chi connectivity index (χ2n) is 5.10. The van der Waals surface area contributed by atoms with Crippen LogP contribution in [0.3, 0.4) is 0 Å². The molecular formula is C13H26N2O4S. The second-order valence-corrected chi connectivity index (χ2v) is 6.91. The van der Waals surface area contributed by atoms with Crippen LogP contribution >= 0.6 is 0 Å². The lowest BCUT2D eigenvalue weighted by Crippen LogP contribution is -2.38. The molecule has 1 aliphatic carbocycles. The molecule has 0 bridgehead atoms. The zero-order valence-electron chi connectivity index (χ0n) is 12.2. The number of rotatable bonds is 8. The summed E-state index contributed by atoms with van der Waals surface area (Å²) in [7, 11) is -3.58. The number of nitrogens with one attached hydrogen (secondary N) is 2. The fraction of sp³-hybridized carbons (Fsp3) is 0.923. The lowest BCUT2D eigenvalue weighted by Gasteiger charge is -2.16. The molecule has 0 aromatic rings. The first-order valence-electron chi connectivity index (χ1n) is 7.40. The van der Waals surface area contributed by atoms with E-state index in [1.54, 1.807) is 6.92 Å². The van der Waals surface area contributed by atoms with Gasteiger partial charge in [0.1, 0.15) is 0 Å². The lowest BCUT2D eigenvalue weighted by atomic mass is 10.1. The normalized spacial score (nSPS) is 17.6. The highest BCUT2D eigenvalue weighted by Crippen LogP contribution is 2.16. The van der Waals surface area contributed by atoms with E-state index in [0.29, 0.717) is 19.1 Å².